The van der Waals surface area contributed by atoms with Gasteiger partial charge < -0.3 is 10.2 Å². The van der Waals surface area contributed by atoms with Crippen molar-refractivity contribution in [3.8, 4) is 0 Å². The van der Waals surface area contributed by atoms with Crippen LogP contribution < -0.4 is 5.32 Å². The molecule has 0 radical (unpaired) electrons. The van der Waals surface area contributed by atoms with E-state index in [0.29, 0.717) is 16.9 Å². The Morgan fingerprint density at radius 2 is 2.05 bits per heavy atom. The molecule has 0 aromatic carbocycles. The number of pyridine rings is 1. The zero-order valence-electron chi connectivity index (χ0n) is 12.3. The Hall–Kier alpha value is -1.07. The van der Waals surface area contributed by atoms with Crippen LogP contribution in [0.1, 0.15) is 37.3 Å². The minimum absolute atomic E-state index is 0.258. The normalized spacial score (nSPS) is 23.4. The van der Waals surface area contributed by atoms with Gasteiger partial charge in [-0.2, -0.15) is 0 Å². The summed E-state index contributed by atoms with van der Waals surface area (Å²) in [5.41, 5.74) is 1.22. The molecule has 3 rings (SSSR count). The van der Waals surface area contributed by atoms with Crippen LogP contribution in [0.3, 0.4) is 0 Å². The van der Waals surface area contributed by atoms with E-state index in [0.717, 1.165) is 32.5 Å². The lowest BCUT2D eigenvalue weighted by molar-refractivity contribution is -0.129. The van der Waals surface area contributed by atoms with Gasteiger partial charge in [-0.25, -0.2) is 0 Å². The fourth-order valence-electron chi connectivity index (χ4n) is 3.23. The Kier molecular flexibility index (Phi) is 5.14. The summed E-state index contributed by atoms with van der Waals surface area (Å²) in [6, 6.07) is 4.33. The summed E-state index contributed by atoms with van der Waals surface area (Å²) < 4.78 is 0. The predicted octanol–water partition coefficient (Wildman–Crippen LogP) is 2.23. The number of nitrogens with one attached hydrogen (secondary N) is 1. The lowest BCUT2D eigenvalue weighted by Crippen LogP contribution is -2.34. The first-order valence-electron chi connectivity index (χ1n) is 7.86. The fourth-order valence-corrected chi connectivity index (χ4v) is 4.34. The van der Waals surface area contributed by atoms with E-state index in [1.807, 2.05) is 36.3 Å². The van der Waals surface area contributed by atoms with E-state index >= 15 is 0 Å². The third-order valence-corrected chi connectivity index (χ3v) is 5.75. The number of carbonyl (C=O) groups is 1. The van der Waals surface area contributed by atoms with Gasteiger partial charge in [-0.15, -0.1) is 11.8 Å². The van der Waals surface area contributed by atoms with Gasteiger partial charge in [0.2, 0.25) is 5.91 Å². The largest absolute Gasteiger partial charge is 0.335 e. The van der Waals surface area contributed by atoms with Crippen LogP contribution in [0.4, 0.5) is 0 Å². The summed E-state index contributed by atoms with van der Waals surface area (Å²) in [5, 5.41) is 4.02. The molecule has 1 unspecified atom stereocenters. The van der Waals surface area contributed by atoms with Gasteiger partial charge in [0, 0.05) is 24.2 Å². The molecular weight excluding hydrogens is 282 g/mol. The van der Waals surface area contributed by atoms with Crippen molar-refractivity contribution in [1.82, 2.24) is 15.2 Å². The molecule has 1 N–H and O–H groups in total. The lowest BCUT2D eigenvalue weighted by atomic mass is 10.1. The Bertz CT molecular complexity index is 462. The van der Waals surface area contributed by atoms with E-state index in [-0.39, 0.29) is 6.04 Å². The zero-order chi connectivity index (χ0) is 14.5. The summed E-state index contributed by atoms with van der Waals surface area (Å²) in [7, 11) is 0. The molecule has 1 amide bonds. The van der Waals surface area contributed by atoms with Crippen LogP contribution in [0.25, 0.3) is 0 Å². The monoisotopic (exact) mass is 305 g/mol. The highest BCUT2D eigenvalue weighted by molar-refractivity contribution is 8.00. The number of nitrogens with zero attached hydrogens (tertiary/aromatic N) is 2. The molecule has 1 atom stereocenters. The number of carbonyl (C=O) groups excluding carboxylic acids is 1. The van der Waals surface area contributed by atoms with Gasteiger partial charge in [0.15, 0.2) is 0 Å². The van der Waals surface area contributed by atoms with Crippen molar-refractivity contribution in [3.63, 3.8) is 0 Å². The van der Waals surface area contributed by atoms with Gasteiger partial charge in [0.1, 0.15) is 0 Å². The highest BCUT2D eigenvalue weighted by Crippen LogP contribution is 2.32. The number of likely N-dealkylation sites (tertiary alicyclic amines) is 1. The van der Waals surface area contributed by atoms with Crippen molar-refractivity contribution in [2.45, 2.75) is 37.0 Å². The molecule has 3 heterocycles. The lowest BCUT2D eigenvalue weighted by Gasteiger charge is -2.27. The maximum atomic E-state index is 12.5. The molecule has 21 heavy (non-hydrogen) atoms. The van der Waals surface area contributed by atoms with Crippen LogP contribution in [0.15, 0.2) is 24.5 Å². The number of thioether (sulfide) groups is 1. The minimum atomic E-state index is 0.258. The first kappa shape index (κ1) is 14.9. The van der Waals surface area contributed by atoms with Gasteiger partial charge in [-0.05, 0) is 56.5 Å². The maximum Gasteiger partial charge on any atom is 0.233 e. The first-order valence-corrected chi connectivity index (χ1v) is 8.91. The van der Waals surface area contributed by atoms with Gasteiger partial charge in [-0.1, -0.05) is 0 Å². The Balaban J connectivity index is 1.55. The van der Waals surface area contributed by atoms with Crippen LogP contribution in [-0.2, 0) is 4.79 Å². The van der Waals surface area contributed by atoms with Crippen molar-refractivity contribution in [2.24, 2.45) is 0 Å². The molecule has 4 nitrogen and oxygen atoms in total. The maximum absolute atomic E-state index is 12.5. The molecule has 2 aliphatic rings. The fraction of sp³-hybridized carbons (Fsp3) is 0.625. The summed E-state index contributed by atoms with van der Waals surface area (Å²) in [5.74, 6) is 0.935. The van der Waals surface area contributed by atoms with Gasteiger partial charge in [-0.3, -0.25) is 9.78 Å². The van der Waals surface area contributed by atoms with Crippen molar-refractivity contribution < 1.29 is 4.79 Å². The molecule has 114 valence electrons. The quantitative estimate of drug-likeness (QED) is 0.926. The van der Waals surface area contributed by atoms with Crippen molar-refractivity contribution in [3.05, 3.63) is 30.1 Å². The smallest absolute Gasteiger partial charge is 0.233 e. The van der Waals surface area contributed by atoms with Crippen molar-refractivity contribution in [1.29, 1.82) is 0 Å². The van der Waals surface area contributed by atoms with E-state index in [9.17, 15) is 4.79 Å². The summed E-state index contributed by atoms with van der Waals surface area (Å²) >= 11 is 1.85. The number of hydrogen-bond acceptors (Lipinski definition) is 4. The molecule has 2 aliphatic heterocycles. The Morgan fingerprint density at radius 3 is 2.81 bits per heavy atom. The highest BCUT2D eigenvalue weighted by atomic mass is 32.2. The van der Waals surface area contributed by atoms with Crippen molar-refractivity contribution in [2.75, 3.05) is 25.4 Å². The van der Waals surface area contributed by atoms with E-state index in [1.165, 1.54) is 18.4 Å². The van der Waals surface area contributed by atoms with E-state index in [2.05, 4.69) is 15.2 Å². The third kappa shape index (κ3) is 3.77. The number of rotatable bonds is 4. The number of aromatic nitrogens is 1. The van der Waals surface area contributed by atoms with Crippen LogP contribution in [0, 0.1) is 0 Å². The molecule has 0 bridgehead atoms. The van der Waals surface area contributed by atoms with E-state index in [1.54, 1.807) is 0 Å². The molecular formula is C16H23N3OS. The number of amides is 1. The summed E-state index contributed by atoms with van der Waals surface area (Å²) in [4.78, 5) is 18.7. The van der Waals surface area contributed by atoms with Crippen molar-refractivity contribution >= 4 is 17.7 Å². The van der Waals surface area contributed by atoms with Gasteiger partial charge in [0.25, 0.3) is 0 Å². The van der Waals surface area contributed by atoms with Crippen LogP contribution >= 0.6 is 11.8 Å². The molecule has 0 saturated carbocycles. The second-order valence-corrected chi connectivity index (χ2v) is 7.07. The zero-order valence-corrected chi connectivity index (χ0v) is 13.1. The standard InChI is InChI=1S/C16H23N3OS/c20-16(12-21-14-5-9-18-10-6-14)19-11-1-2-15(19)13-3-7-17-8-4-13/h3-4,7-8,14-15,18H,1-2,5-6,9-12H2. The third-order valence-electron chi connectivity index (χ3n) is 4.39. The second kappa shape index (κ2) is 7.27. The Morgan fingerprint density at radius 1 is 1.29 bits per heavy atom. The molecule has 0 aliphatic carbocycles. The highest BCUT2D eigenvalue weighted by Gasteiger charge is 2.30. The second-order valence-electron chi connectivity index (χ2n) is 5.79. The molecule has 1 aromatic heterocycles. The molecule has 2 fully saturated rings. The summed E-state index contributed by atoms with van der Waals surface area (Å²) in [6.45, 7) is 3.09. The van der Waals surface area contributed by atoms with Gasteiger partial charge in [0.05, 0.1) is 11.8 Å². The molecule has 0 spiro atoms. The predicted molar refractivity (Wildman–Crippen MR) is 86.3 cm³/mol. The molecule has 2 saturated heterocycles. The summed E-state index contributed by atoms with van der Waals surface area (Å²) in [6.07, 6.45) is 8.20. The van der Waals surface area contributed by atoms with Crippen LogP contribution in [0.5, 0.6) is 0 Å². The van der Waals surface area contributed by atoms with E-state index in [4.69, 9.17) is 0 Å². The van der Waals surface area contributed by atoms with Gasteiger partial charge >= 0.3 is 0 Å². The van der Waals surface area contributed by atoms with Crippen LogP contribution in [0.2, 0.25) is 0 Å². The molecule has 1 aromatic rings. The molecule has 5 heteroatoms. The minimum Gasteiger partial charge on any atom is -0.335 e. The Labute approximate surface area is 130 Å². The average Bonchev–Trinajstić information content (AvgIpc) is 3.04. The van der Waals surface area contributed by atoms with Crippen LogP contribution in [-0.4, -0.2) is 46.4 Å². The van der Waals surface area contributed by atoms with E-state index < -0.39 is 0 Å². The topological polar surface area (TPSA) is 45.2 Å². The SMILES string of the molecule is O=C(CSC1CCNCC1)N1CCCC1c1ccncc1. The number of hydrogen-bond donors (Lipinski definition) is 1. The first-order chi connectivity index (χ1) is 10.3. The average molecular weight is 305 g/mol. The number of piperidine rings is 1.